The molecule has 2 aliphatic heterocycles. The molecule has 2 aliphatic rings. The van der Waals surface area contributed by atoms with Crippen molar-refractivity contribution in [1.82, 2.24) is 5.32 Å². The predicted molar refractivity (Wildman–Crippen MR) is 126 cm³/mol. The third-order valence-corrected chi connectivity index (χ3v) is 5.98. The summed E-state index contributed by atoms with van der Waals surface area (Å²) in [5, 5.41) is 6.05. The summed E-state index contributed by atoms with van der Waals surface area (Å²) in [6.45, 7) is 11.9. The summed E-state index contributed by atoms with van der Waals surface area (Å²) in [4.78, 5) is 27.9. The highest BCUT2D eigenvalue weighted by Crippen LogP contribution is 2.29. The molecule has 0 radical (unpaired) electrons. The molecule has 0 aromatic heterocycles. The van der Waals surface area contributed by atoms with Crippen LogP contribution in [-0.2, 0) is 9.53 Å². The summed E-state index contributed by atoms with van der Waals surface area (Å²) >= 11 is 0. The minimum absolute atomic E-state index is 0.00335. The normalized spacial score (nSPS) is 20.0. The highest BCUT2D eigenvalue weighted by molar-refractivity contribution is 6.02. The van der Waals surface area contributed by atoms with E-state index in [4.69, 9.17) is 4.74 Å². The van der Waals surface area contributed by atoms with Crippen LogP contribution in [0.1, 0.15) is 76.6 Å². The Balaban J connectivity index is 1.68. The second kappa shape index (κ2) is 10.5. The van der Waals surface area contributed by atoms with Gasteiger partial charge >= 0.3 is 0 Å². The van der Waals surface area contributed by atoms with Crippen LogP contribution < -0.4 is 15.5 Å². The molecule has 3 rings (SSSR count). The highest BCUT2D eigenvalue weighted by atomic mass is 16.5. The van der Waals surface area contributed by atoms with E-state index in [0.29, 0.717) is 30.1 Å². The van der Waals surface area contributed by atoms with Gasteiger partial charge in [-0.05, 0) is 61.6 Å². The molecule has 6 nitrogen and oxygen atoms in total. The maximum absolute atomic E-state index is 13.0. The SMILES string of the molecule is CC(CC(=O)Nc1ccc(N2CCCC2)c(C(=O)NCC2CCCO2)c1)CC(C)(C)C. The fourth-order valence-electron chi connectivity index (χ4n) is 4.78. The number of nitrogens with zero attached hydrogens (tertiary/aromatic N) is 1. The number of rotatable bonds is 8. The molecule has 1 aromatic rings. The van der Waals surface area contributed by atoms with Gasteiger partial charge in [-0.15, -0.1) is 0 Å². The van der Waals surface area contributed by atoms with Crippen molar-refractivity contribution in [1.29, 1.82) is 0 Å². The average molecular weight is 430 g/mol. The van der Waals surface area contributed by atoms with Crippen LogP contribution in [0.4, 0.5) is 11.4 Å². The van der Waals surface area contributed by atoms with E-state index in [1.54, 1.807) is 0 Å². The Bertz CT molecular complexity index is 760. The van der Waals surface area contributed by atoms with Crippen LogP contribution in [-0.4, -0.2) is 44.2 Å². The van der Waals surface area contributed by atoms with Gasteiger partial charge in [-0.1, -0.05) is 27.7 Å². The van der Waals surface area contributed by atoms with Gasteiger partial charge in [-0.25, -0.2) is 0 Å². The molecule has 2 unspecified atom stereocenters. The lowest BCUT2D eigenvalue weighted by Crippen LogP contribution is -2.33. The predicted octanol–water partition coefficient (Wildman–Crippen LogP) is 4.60. The highest BCUT2D eigenvalue weighted by Gasteiger charge is 2.23. The zero-order valence-corrected chi connectivity index (χ0v) is 19.6. The van der Waals surface area contributed by atoms with Crippen molar-refractivity contribution in [3.63, 3.8) is 0 Å². The van der Waals surface area contributed by atoms with Gasteiger partial charge < -0.3 is 20.3 Å². The molecular weight excluding hydrogens is 390 g/mol. The number of benzene rings is 1. The Morgan fingerprint density at radius 2 is 1.94 bits per heavy atom. The Morgan fingerprint density at radius 1 is 1.19 bits per heavy atom. The van der Waals surface area contributed by atoms with Crippen molar-refractivity contribution < 1.29 is 14.3 Å². The topological polar surface area (TPSA) is 70.7 Å². The summed E-state index contributed by atoms with van der Waals surface area (Å²) in [6, 6.07) is 5.71. The molecule has 0 spiro atoms. The minimum atomic E-state index is -0.102. The maximum atomic E-state index is 13.0. The first-order valence-corrected chi connectivity index (χ1v) is 11.8. The molecule has 172 valence electrons. The zero-order chi connectivity index (χ0) is 22.4. The lowest BCUT2D eigenvalue weighted by molar-refractivity contribution is -0.117. The Labute approximate surface area is 187 Å². The molecule has 2 heterocycles. The van der Waals surface area contributed by atoms with Gasteiger partial charge in [0.25, 0.3) is 5.91 Å². The first-order valence-electron chi connectivity index (χ1n) is 11.8. The Morgan fingerprint density at radius 3 is 2.58 bits per heavy atom. The van der Waals surface area contributed by atoms with E-state index in [0.717, 1.165) is 57.5 Å². The number of hydrogen-bond donors (Lipinski definition) is 2. The number of amides is 2. The van der Waals surface area contributed by atoms with Gasteiger partial charge in [0.05, 0.1) is 11.7 Å². The van der Waals surface area contributed by atoms with E-state index in [1.165, 1.54) is 0 Å². The molecule has 0 bridgehead atoms. The molecule has 31 heavy (non-hydrogen) atoms. The number of carbonyl (C=O) groups excluding carboxylic acids is 2. The van der Waals surface area contributed by atoms with Crippen molar-refractivity contribution in [3.8, 4) is 0 Å². The summed E-state index contributed by atoms with van der Waals surface area (Å²) < 4.78 is 5.63. The molecule has 2 atom stereocenters. The maximum Gasteiger partial charge on any atom is 0.253 e. The number of anilines is 2. The van der Waals surface area contributed by atoms with E-state index in [1.807, 2.05) is 18.2 Å². The van der Waals surface area contributed by atoms with Gasteiger partial charge in [0.1, 0.15) is 0 Å². The van der Waals surface area contributed by atoms with Gasteiger partial charge in [0, 0.05) is 44.0 Å². The summed E-state index contributed by atoms with van der Waals surface area (Å²) in [7, 11) is 0. The second-order valence-corrected chi connectivity index (χ2v) is 10.4. The van der Waals surface area contributed by atoms with Crippen LogP contribution in [0.15, 0.2) is 18.2 Å². The van der Waals surface area contributed by atoms with E-state index >= 15 is 0 Å². The van der Waals surface area contributed by atoms with Crippen LogP contribution in [0.3, 0.4) is 0 Å². The number of carbonyl (C=O) groups is 2. The largest absolute Gasteiger partial charge is 0.376 e. The molecule has 2 saturated heterocycles. The first-order chi connectivity index (χ1) is 14.7. The van der Waals surface area contributed by atoms with Crippen molar-refractivity contribution in [2.45, 2.75) is 72.3 Å². The minimum Gasteiger partial charge on any atom is -0.376 e. The quantitative estimate of drug-likeness (QED) is 0.634. The monoisotopic (exact) mass is 429 g/mol. The lowest BCUT2D eigenvalue weighted by atomic mass is 9.84. The molecule has 2 amide bonds. The van der Waals surface area contributed by atoms with Crippen molar-refractivity contribution >= 4 is 23.2 Å². The van der Waals surface area contributed by atoms with E-state index < -0.39 is 0 Å². The van der Waals surface area contributed by atoms with Gasteiger partial charge in [-0.2, -0.15) is 0 Å². The van der Waals surface area contributed by atoms with Crippen LogP contribution in [0.5, 0.6) is 0 Å². The third-order valence-electron chi connectivity index (χ3n) is 5.98. The molecule has 0 aliphatic carbocycles. The van der Waals surface area contributed by atoms with E-state index in [-0.39, 0.29) is 23.3 Å². The fourth-order valence-corrected chi connectivity index (χ4v) is 4.78. The molecule has 1 aromatic carbocycles. The average Bonchev–Trinajstić information content (AvgIpc) is 3.38. The van der Waals surface area contributed by atoms with Gasteiger partial charge in [0.2, 0.25) is 5.91 Å². The van der Waals surface area contributed by atoms with E-state index in [2.05, 4.69) is 43.2 Å². The van der Waals surface area contributed by atoms with Crippen LogP contribution >= 0.6 is 0 Å². The van der Waals surface area contributed by atoms with Gasteiger partial charge in [0.15, 0.2) is 0 Å². The molecule has 2 N–H and O–H groups in total. The van der Waals surface area contributed by atoms with Crippen LogP contribution in [0, 0.1) is 11.3 Å². The summed E-state index contributed by atoms with van der Waals surface area (Å²) in [6.07, 6.45) is 5.89. The number of ether oxygens (including phenoxy) is 1. The molecule has 6 heteroatoms. The van der Waals surface area contributed by atoms with Crippen molar-refractivity contribution in [2.75, 3.05) is 36.5 Å². The molecule has 0 saturated carbocycles. The molecular formula is C25H39N3O3. The van der Waals surface area contributed by atoms with Crippen molar-refractivity contribution in [3.05, 3.63) is 23.8 Å². The van der Waals surface area contributed by atoms with Gasteiger partial charge in [-0.3, -0.25) is 9.59 Å². The summed E-state index contributed by atoms with van der Waals surface area (Å²) in [5.41, 5.74) is 2.45. The Hall–Kier alpha value is -2.08. The van der Waals surface area contributed by atoms with Crippen molar-refractivity contribution in [2.24, 2.45) is 11.3 Å². The van der Waals surface area contributed by atoms with Crippen LogP contribution in [0.2, 0.25) is 0 Å². The third kappa shape index (κ3) is 7.23. The smallest absolute Gasteiger partial charge is 0.253 e. The standard InChI is InChI=1S/C25H39N3O3/c1-18(16-25(2,3)4)14-23(29)27-19-9-10-22(28-11-5-6-12-28)21(15-19)24(30)26-17-20-8-7-13-31-20/h9-10,15,18,20H,5-8,11-14,16-17H2,1-4H3,(H,26,30)(H,27,29). The second-order valence-electron chi connectivity index (χ2n) is 10.4. The van der Waals surface area contributed by atoms with Crippen LogP contribution in [0.25, 0.3) is 0 Å². The lowest BCUT2D eigenvalue weighted by Gasteiger charge is -2.23. The zero-order valence-electron chi connectivity index (χ0n) is 19.6. The first kappa shape index (κ1) is 23.6. The summed E-state index contributed by atoms with van der Waals surface area (Å²) in [5.74, 6) is 0.198. The fraction of sp³-hybridized carbons (Fsp3) is 0.680. The number of nitrogens with one attached hydrogen (secondary N) is 2. The number of hydrogen-bond acceptors (Lipinski definition) is 4. The van der Waals surface area contributed by atoms with E-state index in [9.17, 15) is 9.59 Å². The Kier molecular flexibility index (Phi) is 7.98. The molecule has 2 fully saturated rings.